The molecule has 4 N–H and O–H groups in total. The first-order chi connectivity index (χ1) is 6.33. The molecular formula is C9H15Br2N3S. The van der Waals surface area contributed by atoms with Crippen molar-refractivity contribution in [2.45, 2.75) is 0 Å². The number of thioether (sulfide) groups is 1. The highest BCUT2D eigenvalue weighted by Crippen LogP contribution is 2.12. The number of rotatable bonds is 3. The molecular weight excluding hydrogens is 342 g/mol. The molecule has 0 atom stereocenters. The van der Waals surface area contributed by atoms with Gasteiger partial charge in [-0.15, -0.1) is 34.0 Å². The predicted octanol–water partition coefficient (Wildman–Crippen LogP) is 2.48. The topological polar surface area (TPSA) is 64.4 Å². The second kappa shape index (κ2) is 10.5. The number of halogens is 2. The monoisotopic (exact) mass is 355 g/mol. The van der Waals surface area contributed by atoms with E-state index in [0.29, 0.717) is 11.7 Å². The third-order valence-electron chi connectivity index (χ3n) is 1.36. The van der Waals surface area contributed by atoms with E-state index in [-0.39, 0.29) is 34.0 Å². The molecule has 1 aromatic rings. The van der Waals surface area contributed by atoms with Crippen LogP contribution in [-0.4, -0.2) is 17.5 Å². The summed E-state index contributed by atoms with van der Waals surface area (Å²) < 4.78 is 0. The third kappa shape index (κ3) is 7.84. The van der Waals surface area contributed by atoms with Crippen molar-refractivity contribution in [3.05, 3.63) is 30.3 Å². The van der Waals surface area contributed by atoms with E-state index in [0.717, 1.165) is 11.4 Å². The molecule has 0 bridgehead atoms. The zero-order chi connectivity index (χ0) is 9.52. The van der Waals surface area contributed by atoms with Crippen LogP contribution < -0.4 is 11.5 Å². The number of amidine groups is 1. The summed E-state index contributed by atoms with van der Waals surface area (Å²) in [5, 5.41) is 0.566. The van der Waals surface area contributed by atoms with Crippen molar-refractivity contribution >= 4 is 56.6 Å². The highest BCUT2D eigenvalue weighted by atomic mass is 79.9. The second-order valence-corrected chi connectivity index (χ2v) is 3.54. The van der Waals surface area contributed by atoms with Crippen LogP contribution in [0.3, 0.4) is 0 Å². The lowest BCUT2D eigenvalue weighted by Gasteiger charge is -1.98. The van der Waals surface area contributed by atoms with Crippen molar-refractivity contribution < 1.29 is 0 Å². The lowest BCUT2D eigenvalue weighted by Crippen LogP contribution is -2.10. The second-order valence-electron chi connectivity index (χ2n) is 2.42. The fourth-order valence-electron chi connectivity index (χ4n) is 0.826. The summed E-state index contributed by atoms with van der Waals surface area (Å²) in [6.45, 7) is 0.621. The molecule has 6 heteroatoms. The Labute approximate surface area is 115 Å². The minimum Gasteiger partial charge on any atom is -0.378 e. The average molecular weight is 357 g/mol. The van der Waals surface area contributed by atoms with Gasteiger partial charge in [0.15, 0.2) is 5.17 Å². The minimum absolute atomic E-state index is 0. The first-order valence-electron chi connectivity index (χ1n) is 4.05. The Morgan fingerprint density at radius 1 is 1.20 bits per heavy atom. The fraction of sp³-hybridized carbons (Fsp3) is 0.222. The van der Waals surface area contributed by atoms with Gasteiger partial charge in [0.1, 0.15) is 0 Å². The smallest absolute Gasteiger partial charge is 0.159 e. The molecule has 0 amide bonds. The van der Waals surface area contributed by atoms with E-state index in [1.807, 2.05) is 30.3 Å². The molecule has 0 fully saturated rings. The first kappa shape index (κ1) is 17.4. The number of para-hydroxylation sites is 1. The van der Waals surface area contributed by atoms with Crippen molar-refractivity contribution in [1.82, 2.24) is 0 Å². The highest BCUT2D eigenvalue weighted by Gasteiger charge is 1.92. The van der Waals surface area contributed by atoms with Crippen LogP contribution in [0, 0.1) is 0 Å². The van der Waals surface area contributed by atoms with Gasteiger partial charge in [0.2, 0.25) is 0 Å². The Hall–Kier alpha value is -0.0400. The van der Waals surface area contributed by atoms with Gasteiger partial charge in [-0.2, -0.15) is 0 Å². The van der Waals surface area contributed by atoms with Crippen LogP contribution in [0.5, 0.6) is 0 Å². The molecule has 3 nitrogen and oxygen atoms in total. The van der Waals surface area contributed by atoms with Crippen LogP contribution >= 0.6 is 45.7 Å². The highest BCUT2D eigenvalue weighted by molar-refractivity contribution is 8.93. The van der Waals surface area contributed by atoms with Gasteiger partial charge in [-0.1, -0.05) is 30.0 Å². The summed E-state index contributed by atoms with van der Waals surface area (Å²) in [5.74, 6) is 0.808. The molecule has 0 heterocycles. The van der Waals surface area contributed by atoms with Gasteiger partial charge in [0, 0.05) is 12.3 Å². The third-order valence-corrected chi connectivity index (χ3v) is 2.19. The summed E-state index contributed by atoms with van der Waals surface area (Å²) in [4.78, 5) is 4.20. The van der Waals surface area contributed by atoms with Gasteiger partial charge in [-0.3, -0.25) is 0 Å². The van der Waals surface area contributed by atoms with Crippen molar-refractivity contribution in [3.63, 3.8) is 0 Å². The normalized spacial score (nSPS) is 10.1. The molecule has 86 valence electrons. The molecule has 0 aliphatic carbocycles. The van der Waals surface area contributed by atoms with E-state index in [1.165, 1.54) is 11.8 Å². The summed E-state index contributed by atoms with van der Waals surface area (Å²) >= 11 is 1.47. The Balaban J connectivity index is 0. The van der Waals surface area contributed by atoms with E-state index in [4.69, 9.17) is 11.5 Å². The largest absolute Gasteiger partial charge is 0.378 e. The molecule has 0 radical (unpaired) electrons. The van der Waals surface area contributed by atoms with Crippen LogP contribution in [0.1, 0.15) is 0 Å². The number of hydrogen-bond acceptors (Lipinski definition) is 3. The van der Waals surface area contributed by atoms with Crippen LogP contribution in [0.2, 0.25) is 0 Å². The minimum atomic E-state index is 0. The van der Waals surface area contributed by atoms with E-state index in [2.05, 4.69) is 4.99 Å². The van der Waals surface area contributed by atoms with Crippen molar-refractivity contribution in [2.24, 2.45) is 16.5 Å². The summed E-state index contributed by atoms with van der Waals surface area (Å²) in [6, 6.07) is 9.63. The standard InChI is InChI=1S/C9H13N3S.2BrH/c10-6-7-13-9(11)12-8-4-2-1-3-5-8;;/h1-5H,6-7,10H2,(H2,11,12);2*1H. The average Bonchev–Trinajstić information content (AvgIpc) is 2.16. The van der Waals surface area contributed by atoms with Gasteiger partial charge in [-0.25, -0.2) is 4.99 Å². The van der Waals surface area contributed by atoms with E-state index >= 15 is 0 Å². The lowest BCUT2D eigenvalue weighted by molar-refractivity contribution is 1.15. The number of nitrogens with zero attached hydrogens (tertiary/aromatic N) is 1. The summed E-state index contributed by atoms with van der Waals surface area (Å²) in [6.07, 6.45) is 0. The van der Waals surface area contributed by atoms with E-state index in [1.54, 1.807) is 0 Å². The zero-order valence-corrected chi connectivity index (χ0v) is 12.4. The molecule has 1 rings (SSSR count). The number of benzene rings is 1. The fourth-order valence-corrected chi connectivity index (χ4v) is 1.32. The molecule has 0 aliphatic rings. The zero-order valence-electron chi connectivity index (χ0n) is 8.13. The molecule has 15 heavy (non-hydrogen) atoms. The van der Waals surface area contributed by atoms with Crippen molar-refractivity contribution in [3.8, 4) is 0 Å². The molecule has 0 saturated carbocycles. The molecule has 0 aliphatic heterocycles. The van der Waals surface area contributed by atoms with Crippen molar-refractivity contribution in [1.29, 1.82) is 0 Å². The quantitative estimate of drug-likeness (QED) is 0.645. The van der Waals surface area contributed by atoms with Crippen LogP contribution in [0.15, 0.2) is 35.3 Å². The summed E-state index contributed by atoms with van der Waals surface area (Å²) in [5.41, 5.74) is 11.9. The molecule has 0 saturated heterocycles. The predicted molar refractivity (Wildman–Crippen MR) is 79.9 cm³/mol. The lowest BCUT2D eigenvalue weighted by atomic mass is 10.3. The first-order valence-corrected chi connectivity index (χ1v) is 5.03. The molecule has 0 spiro atoms. The number of nitrogens with two attached hydrogens (primary N) is 2. The van der Waals surface area contributed by atoms with Gasteiger partial charge < -0.3 is 11.5 Å². The van der Waals surface area contributed by atoms with Crippen molar-refractivity contribution in [2.75, 3.05) is 12.3 Å². The molecule has 0 aromatic heterocycles. The van der Waals surface area contributed by atoms with Gasteiger partial charge >= 0.3 is 0 Å². The SMILES string of the molecule is Br.Br.NCCSC(N)=Nc1ccccc1. The van der Waals surface area contributed by atoms with Crippen LogP contribution in [-0.2, 0) is 0 Å². The van der Waals surface area contributed by atoms with Gasteiger partial charge in [0.05, 0.1) is 5.69 Å². The van der Waals surface area contributed by atoms with Crippen LogP contribution in [0.25, 0.3) is 0 Å². The Morgan fingerprint density at radius 3 is 2.33 bits per heavy atom. The van der Waals surface area contributed by atoms with E-state index in [9.17, 15) is 0 Å². The number of hydrogen-bond donors (Lipinski definition) is 2. The summed E-state index contributed by atoms with van der Waals surface area (Å²) in [7, 11) is 0. The molecule has 1 aromatic carbocycles. The van der Waals surface area contributed by atoms with Gasteiger partial charge in [-0.05, 0) is 12.1 Å². The Kier molecular flexibility index (Phi) is 12.1. The Bertz CT molecular complexity index is 280. The number of aliphatic imine (C=N–C) groups is 1. The maximum absolute atomic E-state index is 5.65. The van der Waals surface area contributed by atoms with E-state index < -0.39 is 0 Å². The maximum Gasteiger partial charge on any atom is 0.159 e. The maximum atomic E-state index is 5.65. The van der Waals surface area contributed by atoms with Crippen LogP contribution in [0.4, 0.5) is 5.69 Å². The Morgan fingerprint density at radius 2 is 1.80 bits per heavy atom. The van der Waals surface area contributed by atoms with Gasteiger partial charge in [0.25, 0.3) is 0 Å². The molecule has 0 unspecified atom stereocenters.